The van der Waals surface area contributed by atoms with Gasteiger partial charge in [-0.15, -0.1) is 0 Å². The smallest absolute Gasteiger partial charge is 0.153 e. The molecule has 1 heterocycles. The summed E-state index contributed by atoms with van der Waals surface area (Å²) in [4.78, 5) is 11.0. The molecule has 0 saturated carbocycles. The van der Waals surface area contributed by atoms with Crippen molar-refractivity contribution >= 4 is 17.9 Å². The molecule has 0 aliphatic heterocycles. The Balaban J connectivity index is 2.54. The lowest BCUT2D eigenvalue weighted by molar-refractivity contribution is 0.112. The SMILES string of the molecule is CC(C)n1cc(C=O)c(-c2cccc(Cl)c2)n1. The summed E-state index contributed by atoms with van der Waals surface area (Å²) in [5, 5.41) is 5.06. The third kappa shape index (κ3) is 2.39. The minimum Gasteiger partial charge on any atom is -0.298 e. The Bertz CT molecular complexity index is 546. The number of aldehydes is 1. The summed E-state index contributed by atoms with van der Waals surface area (Å²) in [7, 11) is 0. The van der Waals surface area contributed by atoms with E-state index < -0.39 is 0 Å². The summed E-state index contributed by atoms with van der Waals surface area (Å²) in [5.74, 6) is 0. The van der Waals surface area contributed by atoms with Gasteiger partial charge in [0.15, 0.2) is 6.29 Å². The molecule has 1 aromatic heterocycles. The number of rotatable bonds is 3. The second kappa shape index (κ2) is 4.72. The van der Waals surface area contributed by atoms with E-state index in [2.05, 4.69) is 5.10 Å². The van der Waals surface area contributed by atoms with Crippen LogP contribution in [-0.4, -0.2) is 16.1 Å². The molecule has 0 saturated heterocycles. The van der Waals surface area contributed by atoms with E-state index in [1.54, 1.807) is 16.9 Å². The van der Waals surface area contributed by atoms with Crippen molar-refractivity contribution in [3.8, 4) is 11.3 Å². The molecule has 2 rings (SSSR count). The number of benzene rings is 1. The fourth-order valence-electron chi connectivity index (χ4n) is 1.62. The van der Waals surface area contributed by atoms with Crippen LogP contribution in [0.3, 0.4) is 0 Å². The number of hydrogen-bond donors (Lipinski definition) is 0. The first kappa shape index (κ1) is 11.9. The Morgan fingerprint density at radius 3 is 2.76 bits per heavy atom. The number of nitrogens with zero attached hydrogens (tertiary/aromatic N) is 2. The van der Waals surface area contributed by atoms with Crippen LogP contribution < -0.4 is 0 Å². The predicted molar refractivity (Wildman–Crippen MR) is 68.4 cm³/mol. The maximum Gasteiger partial charge on any atom is 0.153 e. The van der Waals surface area contributed by atoms with E-state index >= 15 is 0 Å². The molecule has 0 aliphatic rings. The molecule has 1 aromatic carbocycles. The number of hydrogen-bond acceptors (Lipinski definition) is 2. The van der Waals surface area contributed by atoms with Gasteiger partial charge in [-0.25, -0.2) is 0 Å². The largest absolute Gasteiger partial charge is 0.298 e. The number of aromatic nitrogens is 2. The molecular formula is C13H13ClN2O. The maximum absolute atomic E-state index is 11.0. The lowest BCUT2D eigenvalue weighted by atomic mass is 10.1. The molecule has 4 heteroatoms. The van der Waals surface area contributed by atoms with Gasteiger partial charge in [0.25, 0.3) is 0 Å². The fraction of sp³-hybridized carbons (Fsp3) is 0.231. The van der Waals surface area contributed by atoms with E-state index in [1.165, 1.54) is 0 Å². The van der Waals surface area contributed by atoms with Gasteiger partial charge in [0.05, 0.1) is 5.56 Å². The van der Waals surface area contributed by atoms with Crippen LogP contribution in [0.2, 0.25) is 5.02 Å². The van der Waals surface area contributed by atoms with Gasteiger partial charge in [0, 0.05) is 22.8 Å². The molecule has 17 heavy (non-hydrogen) atoms. The molecule has 3 nitrogen and oxygen atoms in total. The summed E-state index contributed by atoms with van der Waals surface area (Å²) in [6.45, 7) is 4.03. The highest BCUT2D eigenvalue weighted by molar-refractivity contribution is 6.30. The second-order valence-corrected chi connectivity index (χ2v) is 4.57. The van der Waals surface area contributed by atoms with Crippen LogP contribution in [0.4, 0.5) is 0 Å². The maximum atomic E-state index is 11.0. The van der Waals surface area contributed by atoms with Gasteiger partial charge in [-0.1, -0.05) is 23.7 Å². The van der Waals surface area contributed by atoms with Crippen molar-refractivity contribution in [3.63, 3.8) is 0 Å². The van der Waals surface area contributed by atoms with Crippen LogP contribution >= 0.6 is 11.6 Å². The molecule has 88 valence electrons. The Labute approximate surface area is 105 Å². The van der Waals surface area contributed by atoms with Crippen LogP contribution in [-0.2, 0) is 0 Å². The molecule has 0 fully saturated rings. The summed E-state index contributed by atoms with van der Waals surface area (Å²) in [5.41, 5.74) is 2.12. The molecule has 0 N–H and O–H groups in total. The van der Waals surface area contributed by atoms with Crippen molar-refractivity contribution in [2.45, 2.75) is 19.9 Å². The Hall–Kier alpha value is -1.61. The number of carbonyl (C=O) groups is 1. The van der Waals surface area contributed by atoms with Crippen LogP contribution in [0, 0.1) is 0 Å². The van der Waals surface area contributed by atoms with Crippen molar-refractivity contribution in [1.29, 1.82) is 0 Å². The van der Waals surface area contributed by atoms with Gasteiger partial charge >= 0.3 is 0 Å². The standard InChI is InChI=1S/C13H13ClN2O/c1-9(2)16-7-11(8-17)13(15-16)10-4-3-5-12(14)6-10/h3-9H,1-2H3. The van der Waals surface area contributed by atoms with Crippen molar-refractivity contribution in [2.24, 2.45) is 0 Å². The summed E-state index contributed by atoms with van der Waals surface area (Å²) in [6, 6.07) is 7.57. The molecule has 0 spiro atoms. The Kier molecular flexibility index (Phi) is 3.29. The van der Waals surface area contributed by atoms with Crippen molar-refractivity contribution in [2.75, 3.05) is 0 Å². The van der Waals surface area contributed by atoms with E-state index in [1.807, 2.05) is 32.0 Å². The zero-order valence-corrected chi connectivity index (χ0v) is 10.5. The molecule has 0 bridgehead atoms. The fourth-order valence-corrected chi connectivity index (χ4v) is 1.81. The highest BCUT2D eigenvalue weighted by atomic mass is 35.5. The minimum absolute atomic E-state index is 0.224. The molecule has 0 aliphatic carbocycles. The van der Waals surface area contributed by atoms with Crippen LogP contribution in [0.1, 0.15) is 30.2 Å². The van der Waals surface area contributed by atoms with Crippen molar-refractivity contribution < 1.29 is 4.79 Å². The highest BCUT2D eigenvalue weighted by Gasteiger charge is 2.12. The van der Waals surface area contributed by atoms with E-state index in [0.717, 1.165) is 11.8 Å². The van der Waals surface area contributed by atoms with E-state index in [4.69, 9.17) is 11.6 Å². The van der Waals surface area contributed by atoms with Gasteiger partial charge in [0.2, 0.25) is 0 Å². The third-order valence-corrected chi connectivity index (χ3v) is 2.75. The summed E-state index contributed by atoms with van der Waals surface area (Å²) < 4.78 is 1.78. The normalized spacial score (nSPS) is 10.8. The number of carbonyl (C=O) groups excluding carboxylic acids is 1. The lowest BCUT2D eigenvalue weighted by Gasteiger charge is -2.03. The number of halogens is 1. The second-order valence-electron chi connectivity index (χ2n) is 4.14. The third-order valence-electron chi connectivity index (χ3n) is 2.51. The molecule has 0 unspecified atom stereocenters. The van der Waals surface area contributed by atoms with Gasteiger partial charge in [-0.2, -0.15) is 5.10 Å². The Morgan fingerprint density at radius 2 is 2.18 bits per heavy atom. The van der Waals surface area contributed by atoms with Gasteiger partial charge in [-0.05, 0) is 26.0 Å². The van der Waals surface area contributed by atoms with E-state index in [0.29, 0.717) is 16.3 Å². The average Bonchev–Trinajstić information content (AvgIpc) is 2.73. The molecule has 0 amide bonds. The average molecular weight is 249 g/mol. The monoisotopic (exact) mass is 248 g/mol. The summed E-state index contributed by atoms with van der Waals surface area (Å²) >= 11 is 5.94. The van der Waals surface area contributed by atoms with Gasteiger partial charge in [0.1, 0.15) is 5.69 Å². The van der Waals surface area contributed by atoms with E-state index in [-0.39, 0.29) is 6.04 Å². The molecular weight excluding hydrogens is 236 g/mol. The van der Waals surface area contributed by atoms with Crippen LogP contribution in [0.15, 0.2) is 30.5 Å². The summed E-state index contributed by atoms with van der Waals surface area (Å²) in [6.07, 6.45) is 2.58. The topological polar surface area (TPSA) is 34.9 Å². The van der Waals surface area contributed by atoms with Crippen molar-refractivity contribution in [3.05, 3.63) is 41.0 Å². The van der Waals surface area contributed by atoms with Gasteiger partial charge < -0.3 is 0 Å². The molecule has 0 radical (unpaired) electrons. The predicted octanol–water partition coefficient (Wildman–Crippen LogP) is 3.60. The van der Waals surface area contributed by atoms with Crippen LogP contribution in [0.25, 0.3) is 11.3 Å². The zero-order chi connectivity index (χ0) is 12.4. The quantitative estimate of drug-likeness (QED) is 0.778. The first-order valence-corrected chi connectivity index (χ1v) is 5.80. The first-order chi connectivity index (χ1) is 8.11. The van der Waals surface area contributed by atoms with Gasteiger partial charge in [-0.3, -0.25) is 9.48 Å². The Morgan fingerprint density at radius 1 is 1.41 bits per heavy atom. The molecule has 0 atom stereocenters. The lowest BCUT2D eigenvalue weighted by Crippen LogP contribution is -2.00. The van der Waals surface area contributed by atoms with Crippen LogP contribution in [0.5, 0.6) is 0 Å². The first-order valence-electron chi connectivity index (χ1n) is 5.42. The highest BCUT2D eigenvalue weighted by Crippen LogP contribution is 2.24. The minimum atomic E-state index is 0.224. The van der Waals surface area contributed by atoms with Crippen molar-refractivity contribution in [1.82, 2.24) is 9.78 Å². The van der Waals surface area contributed by atoms with E-state index in [9.17, 15) is 4.79 Å². The molecule has 2 aromatic rings. The zero-order valence-electron chi connectivity index (χ0n) is 9.72.